The third kappa shape index (κ3) is 5.61. The largest absolute Gasteiger partial charge is 0.480 e. The fraction of sp³-hybridized carbons (Fsp3) is 0.235. The Labute approximate surface area is 160 Å². The number of ether oxygens (including phenoxy) is 1. The van der Waals surface area contributed by atoms with Gasteiger partial charge < -0.3 is 15.2 Å². The fourth-order valence-electron chi connectivity index (χ4n) is 2.09. The van der Waals surface area contributed by atoms with Crippen LogP contribution in [0.4, 0.5) is 18.9 Å². The summed E-state index contributed by atoms with van der Waals surface area (Å²) in [5.41, 5.74) is -0.902. The van der Waals surface area contributed by atoms with Gasteiger partial charge in [0, 0.05) is 10.6 Å². The Hall–Kier alpha value is -2.26. The number of alkyl halides is 3. The summed E-state index contributed by atoms with van der Waals surface area (Å²) in [5, 5.41) is 11.3. The molecule has 0 bridgehead atoms. The highest BCUT2D eigenvalue weighted by atomic mass is 35.5. The molecule has 0 spiro atoms. The molecular formula is C17H15ClF3NO4S. The molecule has 5 nitrogen and oxygen atoms in total. The Morgan fingerprint density at radius 2 is 1.93 bits per heavy atom. The van der Waals surface area contributed by atoms with Crippen molar-refractivity contribution < 1.29 is 32.0 Å². The molecule has 2 N–H and O–H groups in total. The molecule has 0 radical (unpaired) electrons. The molecule has 0 aliphatic carbocycles. The zero-order valence-electron chi connectivity index (χ0n) is 14.0. The monoisotopic (exact) mass is 421 g/mol. The van der Waals surface area contributed by atoms with Gasteiger partial charge in [-0.3, -0.25) is 9.00 Å². The third-order valence-corrected chi connectivity index (χ3v) is 4.99. The molecule has 0 fully saturated rings. The summed E-state index contributed by atoms with van der Waals surface area (Å²) in [7, 11) is -1.25. The summed E-state index contributed by atoms with van der Waals surface area (Å²) in [4.78, 5) is 11.2. The van der Waals surface area contributed by atoms with Gasteiger partial charge in [-0.1, -0.05) is 18.5 Å². The number of rotatable bonds is 7. The second-order valence-corrected chi connectivity index (χ2v) is 7.43. The predicted octanol–water partition coefficient (Wildman–Crippen LogP) is 4.78. The Kier molecular flexibility index (Phi) is 6.72. The first-order valence-corrected chi connectivity index (χ1v) is 9.34. The molecule has 1 atom stereocenters. The first-order valence-electron chi connectivity index (χ1n) is 7.64. The van der Waals surface area contributed by atoms with Crippen molar-refractivity contribution in [2.75, 3.05) is 17.6 Å². The van der Waals surface area contributed by atoms with Crippen LogP contribution in [0.3, 0.4) is 0 Å². The van der Waals surface area contributed by atoms with E-state index >= 15 is 0 Å². The van der Waals surface area contributed by atoms with Crippen LogP contribution >= 0.6 is 11.6 Å². The summed E-state index contributed by atoms with van der Waals surface area (Å²) in [6.07, 6.45) is -4.60. The van der Waals surface area contributed by atoms with Crippen LogP contribution < -0.4 is 10.1 Å². The summed E-state index contributed by atoms with van der Waals surface area (Å²) >= 11 is 6.09. The van der Waals surface area contributed by atoms with Crippen molar-refractivity contribution in [3.8, 4) is 11.5 Å². The molecule has 0 aliphatic rings. The Morgan fingerprint density at radius 1 is 1.22 bits per heavy atom. The maximum Gasteiger partial charge on any atom is 0.416 e. The van der Waals surface area contributed by atoms with Crippen LogP contribution in [0.25, 0.3) is 0 Å². The number of hydrogen-bond donors (Lipinski definition) is 2. The molecular weight excluding hydrogens is 407 g/mol. The van der Waals surface area contributed by atoms with Gasteiger partial charge in [0.15, 0.2) is 5.75 Å². The van der Waals surface area contributed by atoms with Crippen LogP contribution in [0, 0.1) is 0 Å². The van der Waals surface area contributed by atoms with E-state index in [-0.39, 0.29) is 22.2 Å². The van der Waals surface area contributed by atoms with Gasteiger partial charge in [0.05, 0.1) is 27.1 Å². The van der Waals surface area contributed by atoms with E-state index in [9.17, 15) is 22.2 Å². The summed E-state index contributed by atoms with van der Waals surface area (Å²) in [6, 6.07) is 6.94. The molecule has 2 rings (SSSR count). The molecule has 2 aromatic carbocycles. The molecule has 0 aliphatic heterocycles. The molecule has 1 unspecified atom stereocenters. The van der Waals surface area contributed by atoms with E-state index in [1.165, 1.54) is 18.2 Å². The maximum atomic E-state index is 13.0. The third-order valence-electron chi connectivity index (χ3n) is 3.39. The number of hydrogen-bond acceptors (Lipinski definition) is 4. The lowest BCUT2D eigenvalue weighted by atomic mass is 10.1. The fourth-order valence-corrected chi connectivity index (χ4v) is 3.18. The van der Waals surface area contributed by atoms with Crippen LogP contribution in [0.1, 0.15) is 12.5 Å². The number of carbonyl (C=O) groups is 1. The van der Waals surface area contributed by atoms with E-state index in [1.807, 2.05) is 0 Å². The highest BCUT2D eigenvalue weighted by Crippen LogP contribution is 2.39. The minimum absolute atomic E-state index is 0.0474. The number of carboxylic acid groups (broad SMARTS) is 1. The maximum absolute atomic E-state index is 13.0. The van der Waals surface area contributed by atoms with Crippen molar-refractivity contribution in [3.63, 3.8) is 0 Å². The van der Waals surface area contributed by atoms with Crippen molar-refractivity contribution in [1.29, 1.82) is 0 Å². The molecule has 0 aromatic heterocycles. The molecule has 0 saturated heterocycles. The number of halogens is 4. The molecule has 27 heavy (non-hydrogen) atoms. The number of benzene rings is 2. The van der Waals surface area contributed by atoms with Gasteiger partial charge in [0.25, 0.3) is 0 Å². The zero-order chi connectivity index (χ0) is 20.2. The SMILES string of the molecule is CCS(=O)c1ccc(Oc2cc(C(F)(F)F)ccc2NCC(=O)O)c(Cl)c1. The molecule has 146 valence electrons. The molecule has 0 saturated carbocycles. The van der Waals surface area contributed by atoms with Gasteiger partial charge in [-0.2, -0.15) is 13.2 Å². The standard InChI is InChI=1S/C17H15ClF3NO4S/c1-2-27(25)11-4-6-14(12(18)8-11)26-15-7-10(17(19,20)21)3-5-13(15)22-9-16(23)24/h3-8,22H,2,9H2,1H3,(H,23,24). The lowest BCUT2D eigenvalue weighted by Crippen LogP contribution is -2.13. The van der Waals surface area contributed by atoms with E-state index in [4.69, 9.17) is 21.4 Å². The first kappa shape index (κ1) is 21.0. The van der Waals surface area contributed by atoms with E-state index < -0.39 is 35.1 Å². The van der Waals surface area contributed by atoms with Crippen LogP contribution in [0.2, 0.25) is 5.02 Å². The van der Waals surface area contributed by atoms with E-state index in [2.05, 4.69) is 5.32 Å². The van der Waals surface area contributed by atoms with E-state index in [0.717, 1.165) is 18.2 Å². The van der Waals surface area contributed by atoms with Crippen LogP contribution in [0.5, 0.6) is 11.5 Å². The van der Waals surface area contributed by atoms with Crippen LogP contribution in [0.15, 0.2) is 41.3 Å². The summed E-state index contributed by atoms with van der Waals surface area (Å²) in [6.45, 7) is 1.22. The molecule has 0 amide bonds. The quantitative estimate of drug-likeness (QED) is 0.673. The lowest BCUT2D eigenvalue weighted by molar-refractivity contribution is -0.138. The van der Waals surface area contributed by atoms with Crippen molar-refractivity contribution >= 4 is 34.1 Å². The summed E-state index contributed by atoms with van der Waals surface area (Å²) < 4.78 is 56.3. The van der Waals surface area contributed by atoms with Gasteiger partial charge in [0.2, 0.25) is 0 Å². The Balaban J connectivity index is 2.40. The van der Waals surface area contributed by atoms with Crippen molar-refractivity contribution in [1.82, 2.24) is 0 Å². The van der Waals surface area contributed by atoms with Crippen LogP contribution in [-0.2, 0) is 21.8 Å². The predicted molar refractivity (Wildman–Crippen MR) is 96.0 cm³/mol. The van der Waals surface area contributed by atoms with Gasteiger partial charge in [-0.25, -0.2) is 0 Å². The smallest absolute Gasteiger partial charge is 0.416 e. The zero-order valence-corrected chi connectivity index (χ0v) is 15.5. The van der Waals surface area contributed by atoms with Crippen molar-refractivity contribution in [3.05, 3.63) is 47.0 Å². The van der Waals surface area contributed by atoms with Gasteiger partial charge in [-0.05, 0) is 36.4 Å². The number of anilines is 1. The second-order valence-electron chi connectivity index (χ2n) is 5.28. The Bertz CT molecular complexity index is 874. The minimum atomic E-state index is -4.60. The van der Waals surface area contributed by atoms with Crippen molar-refractivity contribution in [2.24, 2.45) is 0 Å². The highest BCUT2D eigenvalue weighted by molar-refractivity contribution is 7.85. The normalized spacial score (nSPS) is 12.5. The molecule has 2 aromatic rings. The molecule has 0 heterocycles. The lowest BCUT2D eigenvalue weighted by Gasteiger charge is -2.16. The van der Waals surface area contributed by atoms with Gasteiger partial charge in [0.1, 0.15) is 12.3 Å². The van der Waals surface area contributed by atoms with E-state index in [0.29, 0.717) is 10.6 Å². The van der Waals surface area contributed by atoms with Crippen LogP contribution in [-0.4, -0.2) is 27.6 Å². The number of carboxylic acids is 1. The average molecular weight is 422 g/mol. The minimum Gasteiger partial charge on any atom is -0.480 e. The summed E-state index contributed by atoms with van der Waals surface area (Å²) in [5.74, 6) is -0.998. The second kappa shape index (κ2) is 8.62. The van der Waals surface area contributed by atoms with Gasteiger partial charge >= 0.3 is 12.1 Å². The number of nitrogens with one attached hydrogen (secondary N) is 1. The Morgan fingerprint density at radius 3 is 2.48 bits per heavy atom. The highest BCUT2D eigenvalue weighted by Gasteiger charge is 2.31. The van der Waals surface area contributed by atoms with Gasteiger partial charge in [-0.15, -0.1) is 0 Å². The molecule has 10 heteroatoms. The van der Waals surface area contributed by atoms with Crippen molar-refractivity contribution in [2.45, 2.75) is 18.0 Å². The van der Waals surface area contributed by atoms with E-state index in [1.54, 1.807) is 6.92 Å². The topological polar surface area (TPSA) is 75.6 Å². The first-order chi connectivity index (χ1) is 12.6. The average Bonchev–Trinajstić information content (AvgIpc) is 2.60. The number of aliphatic carboxylic acids is 1.